The number of rotatable bonds is 7. The Kier molecular flexibility index (Phi) is 6.27. The van der Waals surface area contributed by atoms with E-state index in [0.717, 1.165) is 29.1 Å². The molecule has 1 heterocycles. The number of aromatic nitrogens is 1. The topological polar surface area (TPSA) is 63.2 Å². The number of methoxy groups -OCH3 is 1. The molecule has 0 saturated heterocycles. The molecule has 0 aliphatic heterocycles. The van der Waals surface area contributed by atoms with Crippen LogP contribution in [0.5, 0.6) is 5.75 Å². The highest BCUT2D eigenvalue weighted by Gasteiger charge is 2.07. The molecule has 3 aromatic rings. The minimum Gasteiger partial charge on any atom is -0.497 e. The van der Waals surface area contributed by atoms with E-state index < -0.39 is 0 Å². The highest BCUT2D eigenvalue weighted by molar-refractivity contribution is 5.91. The molecule has 1 aromatic heterocycles. The number of nitrogens with one attached hydrogen (secondary N) is 2. The average Bonchev–Trinajstić information content (AvgIpc) is 2.71. The summed E-state index contributed by atoms with van der Waals surface area (Å²) >= 11 is 0. The summed E-state index contributed by atoms with van der Waals surface area (Å²) in [4.78, 5) is 16.6. The van der Waals surface area contributed by atoms with Gasteiger partial charge in [0.2, 0.25) is 5.91 Å². The number of hydrogen-bond donors (Lipinski definition) is 2. The molecule has 28 heavy (non-hydrogen) atoms. The number of aryl methyl sites for hydroxylation is 2. The van der Waals surface area contributed by atoms with Crippen LogP contribution in [0.25, 0.3) is 0 Å². The number of carbonyl (C=O) groups excluding carboxylic acids is 1. The van der Waals surface area contributed by atoms with Crippen molar-refractivity contribution in [3.05, 3.63) is 77.5 Å². The van der Waals surface area contributed by atoms with Gasteiger partial charge in [0, 0.05) is 5.69 Å². The van der Waals surface area contributed by atoms with Crippen LogP contribution in [0.3, 0.4) is 0 Å². The Morgan fingerprint density at radius 2 is 1.86 bits per heavy atom. The molecular formula is C23H25N3O2. The quantitative estimate of drug-likeness (QED) is 0.617. The lowest BCUT2D eigenvalue weighted by atomic mass is 10.1. The molecule has 0 saturated carbocycles. The molecule has 0 unspecified atom stereocenters. The summed E-state index contributed by atoms with van der Waals surface area (Å²) in [7, 11) is 1.62. The van der Waals surface area contributed by atoms with E-state index in [9.17, 15) is 4.79 Å². The van der Waals surface area contributed by atoms with Crippen LogP contribution in [0.2, 0.25) is 0 Å². The minimum absolute atomic E-state index is 0.106. The first-order chi connectivity index (χ1) is 13.6. The fraction of sp³-hybridized carbons (Fsp3) is 0.217. The normalized spacial score (nSPS) is 10.4. The van der Waals surface area contributed by atoms with Gasteiger partial charge in [0.1, 0.15) is 11.6 Å². The highest BCUT2D eigenvalue weighted by Crippen LogP contribution is 2.25. The van der Waals surface area contributed by atoms with Crippen molar-refractivity contribution in [1.82, 2.24) is 4.98 Å². The first-order valence-electron chi connectivity index (χ1n) is 9.33. The Morgan fingerprint density at radius 3 is 2.50 bits per heavy atom. The molecule has 3 rings (SSSR count). The maximum atomic E-state index is 12.2. The van der Waals surface area contributed by atoms with Gasteiger partial charge < -0.3 is 15.4 Å². The van der Waals surface area contributed by atoms with Crippen molar-refractivity contribution in [2.75, 3.05) is 17.7 Å². The van der Waals surface area contributed by atoms with Crippen LogP contribution >= 0.6 is 0 Å². The van der Waals surface area contributed by atoms with Crippen LogP contribution in [0, 0.1) is 6.92 Å². The Bertz CT molecular complexity index is 935. The summed E-state index contributed by atoms with van der Waals surface area (Å²) in [6.45, 7) is 4.22. The van der Waals surface area contributed by atoms with Gasteiger partial charge in [-0.15, -0.1) is 0 Å². The molecule has 0 aliphatic rings. The largest absolute Gasteiger partial charge is 0.497 e. The zero-order valence-corrected chi connectivity index (χ0v) is 16.5. The highest BCUT2D eigenvalue weighted by atomic mass is 16.5. The van der Waals surface area contributed by atoms with Crippen molar-refractivity contribution in [2.24, 2.45) is 0 Å². The summed E-state index contributed by atoms with van der Waals surface area (Å²) < 4.78 is 5.13. The van der Waals surface area contributed by atoms with Gasteiger partial charge in [-0.3, -0.25) is 4.79 Å². The Balaban J connectivity index is 1.62. The summed E-state index contributed by atoms with van der Waals surface area (Å²) in [5.41, 5.74) is 5.37. The molecule has 0 aliphatic carbocycles. The van der Waals surface area contributed by atoms with E-state index in [0.29, 0.717) is 5.82 Å². The van der Waals surface area contributed by atoms with Crippen molar-refractivity contribution in [3.63, 3.8) is 0 Å². The molecule has 144 valence electrons. The van der Waals surface area contributed by atoms with Gasteiger partial charge in [-0.05, 0) is 54.3 Å². The monoisotopic (exact) mass is 375 g/mol. The maximum absolute atomic E-state index is 12.2. The Hall–Kier alpha value is -3.34. The number of pyridine rings is 1. The van der Waals surface area contributed by atoms with Crippen molar-refractivity contribution >= 4 is 23.1 Å². The van der Waals surface area contributed by atoms with E-state index in [4.69, 9.17) is 4.74 Å². The van der Waals surface area contributed by atoms with Gasteiger partial charge in [-0.1, -0.05) is 37.3 Å². The van der Waals surface area contributed by atoms with Crippen molar-refractivity contribution < 1.29 is 9.53 Å². The summed E-state index contributed by atoms with van der Waals surface area (Å²) in [6.07, 6.45) is 2.97. The van der Waals surface area contributed by atoms with Gasteiger partial charge in [0.25, 0.3) is 0 Å². The summed E-state index contributed by atoms with van der Waals surface area (Å²) in [6, 6.07) is 17.5. The third-order valence-corrected chi connectivity index (χ3v) is 4.56. The SMILES string of the molecule is CCc1cccc(C)c1Nc1ccc(NC(=O)Cc2ccc(OC)cc2)nc1. The van der Waals surface area contributed by atoms with Gasteiger partial charge in [-0.25, -0.2) is 4.98 Å². The van der Waals surface area contributed by atoms with Crippen molar-refractivity contribution in [3.8, 4) is 5.75 Å². The molecule has 0 atom stereocenters. The van der Waals surface area contributed by atoms with Gasteiger partial charge in [0.15, 0.2) is 0 Å². The predicted octanol–water partition coefficient (Wildman–Crippen LogP) is 4.89. The van der Waals surface area contributed by atoms with E-state index in [1.54, 1.807) is 19.4 Å². The average molecular weight is 375 g/mol. The molecule has 0 radical (unpaired) electrons. The molecule has 5 nitrogen and oxygen atoms in total. The summed E-state index contributed by atoms with van der Waals surface area (Å²) in [5.74, 6) is 1.20. The molecular weight excluding hydrogens is 350 g/mol. The van der Waals surface area contributed by atoms with E-state index >= 15 is 0 Å². The first-order valence-corrected chi connectivity index (χ1v) is 9.33. The molecule has 2 aromatic carbocycles. The second-order valence-corrected chi connectivity index (χ2v) is 6.59. The number of amides is 1. The third kappa shape index (κ3) is 4.88. The number of benzene rings is 2. The zero-order chi connectivity index (χ0) is 19.9. The standard InChI is InChI=1S/C23H25N3O2/c1-4-18-7-5-6-16(2)23(18)25-19-10-13-21(24-15-19)26-22(27)14-17-8-11-20(28-3)12-9-17/h5-13,15,25H,4,14H2,1-3H3,(H,24,26,27). The van der Waals surface area contributed by atoms with Crippen LogP contribution in [-0.2, 0) is 17.6 Å². The molecule has 1 amide bonds. The lowest BCUT2D eigenvalue weighted by Crippen LogP contribution is -2.15. The fourth-order valence-corrected chi connectivity index (χ4v) is 3.00. The lowest BCUT2D eigenvalue weighted by Gasteiger charge is -2.14. The van der Waals surface area contributed by atoms with Crippen LogP contribution in [-0.4, -0.2) is 18.0 Å². The summed E-state index contributed by atoms with van der Waals surface area (Å²) in [5, 5.41) is 6.27. The van der Waals surface area contributed by atoms with Gasteiger partial charge in [-0.2, -0.15) is 0 Å². The van der Waals surface area contributed by atoms with Crippen molar-refractivity contribution in [1.29, 1.82) is 0 Å². The van der Waals surface area contributed by atoms with Crippen LogP contribution in [0.4, 0.5) is 17.2 Å². The second-order valence-electron chi connectivity index (χ2n) is 6.59. The number of anilines is 3. The number of ether oxygens (including phenoxy) is 1. The van der Waals surface area contributed by atoms with E-state index in [1.807, 2.05) is 30.3 Å². The van der Waals surface area contributed by atoms with Crippen LogP contribution in [0.15, 0.2) is 60.8 Å². The second kappa shape index (κ2) is 9.04. The molecule has 0 fully saturated rings. The number of para-hydroxylation sites is 1. The number of carbonyl (C=O) groups is 1. The zero-order valence-electron chi connectivity index (χ0n) is 16.5. The number of hydrogen-bond acceptors (Lipinski definition) is 4. The Morgan fingerprint density at radius 1 is 1.07 bits per heavy atom. The smallest absolute Gasteiger partial charge is 0.229 e. The molecule has 5 heteroatoms. The minimum atomic E-state index is -0.106. The van der Waals surface area contributed by atoms with Crippen LogP contribution in [0.1, 0.15) is 23.6 Å². The van der Waals surface area contributed by atoms with E-state index in [-0.39, 0.29) is 12.3 Å². The third-order valence-electron chi connectivity index (χ3n) is 4.56. The number of nitrogens with zero attached hydrogens (tertiary/aromatic N) is 1. The lowest BCUT2D eigenvalue weighted by molar-refractivity contribution is -0.115. The Labute approximate surface area is 165 Å². The van der Waals surface area contributed by atoms with E-state index in [1.165, 1.54) is 11.1 Å². The molecule has 0 spiro atoms. The molecule has 2 N–H and O–H groups in total. The van der Waals surface area contributed by atoms with E-state index in [2.05, 4.69) is 47.7 Å². The predicted molar refractivity (Wildman–Crippen MR) is 113 cm³/mol. The maximum Gasteiger partial charge on any atom is 0.229 e. The van der Waals surface area contributed by atoms with Crippen LogP contribution < -0.4 is 15.4 Å². The molecule has 0 bridgehead atoms. The fourth-order valence-electron chi connectivity index (χ4n) is 3.00. The first kappa shape index (κ1) is 19.4. The van der Waals surface area contributed by atoms with Crippen molar-refractivity contribution in [2.45, 2.75) is 26.7 Å². The van der Waals surface area contributed by atoms with Gasteiger partial charge >= 0.3 is 0 Å². The van der Waals surface area contributed by atoms with Gasteiger partial charge in [0.05, 0.1) is 25.4 Å².